The van der Waals surface area contributed by atoms with Crippen molar-refractivity contribution in [3.63, 3.8) is 0 Å². The van der Waals surface area contributed by atoms with E-state index < -0.39 is 5.82 Å². The maximum absolute atomic E-state index is 13.2. The van der Waals surface area contributed by atoms with Gasteiger partial charge in [0, 0.05) is 6.04 Å². The minimum Gasteiger partial charge on any atom is -0.380 e. The van der Waals surface area contributed by atoms with E-state index in [-0.39, 0.29) is 10.8 Å². The molecule has 0 spiro atoms. The van der Waals surface area contributed by atoms with Gasteiger partial charge in [0.1, 0.15) is 5.82 Å². The van der Waals surface area contributed by atoms with Crippen molar-refractivity contribution in [2.24, 2.45) is 10.8 Å². The van der Waals surface area contributed by atoms with Gasteiger partial charge in [-0.25, -0.2) is 4.39 Å². The van der Waals surface area contributed by atoms with Crippen molar-refractivity contribution in [2.75, 3.05) is 5.32 Å². The molecule has 0 aromatic heterocycles. The first-order valence-electron chi connectivity index (χ1n) is 6.99. The molecule has 0 radical (unpaired) electrons. The molecule has 0 amide bonds. The predicted molar refractivity (Wildman–Crippen MR) is 85.2 cm³/mol. The van der Waals surface area contributed by atoms with E-state index in [4.69, 9.17) is 23.2 Å². The molecule has 1 saturated carbocycles. The Morgan fingerprint density at radius 1 is 1.05 bits per heavy atom. The van der Waals surface area contributed by atoms with Crippen molar-refractivity contribution >= 4 is 28.9 Å². The highest BCUT2D eigenvalue weighted by molar-refractivity contribution is 6.39. The number of nitrogens with one attached hydrogen (secondary N) is 1. The summed E-state index contributed by atoms with van der Waals surface area (Å²) in [6, 6.07) is 2.90. The molecule has 0 bridgehead atoms. The highest BCUT2D eigenvalue weighted by Crippen LogP contribution is 2.47. The molecule has 1 aliphatic carbocycles. The van der Waals surface area contributed by atoms with Crippen molar-refractivity contribution in [3.8, 4) is 0 Å². The van der Waals surface area contributed by atoms with E-state index in [1.165, 1.54) is 18.6 Å². The first kappa shape index (κ1) is 15.9. The average molecular weight is 318 g/mol. The van der Waals surface area contributed by atoms with Crippen molar-refractivity contribution in [1.29, 1.82) is 0 Å². The number of hydrogen-bond donors (Lipinski definition) is 1. The van der Waals surface area contributed by atoms with Crippen LogP contribution >= 0.6 is 23.2 Å². The molecule has 20 heavy (non-hydrogen) atoms. The summed E-state index contributed by atoms with van der Waals surface area (Å²) in [6.07, 6.45) is 3.31. The minimum absolute atomic E-state index is 0.276. The molecular formula is C16H22Cl2FN. The fourth-order valence-corrected chi connectivity index (χ4v) is 4.40. The summed E-state index contributed by atoms with van der Waals surface area (Å²) in [5, 5.41) is 4.11. The van der Waals surface area contributed by atoms with Crippen molar-refractivity contribution in [3.05, 3.63) is 28.0 Å². The molecule has 1 nitrogen and oxygen atoms in total. The van der Waals surface area contributed by atoms with E-state index >= 15 is 0 Å². The summed E-state index contributed by atoms with van der Waals surface area (Å²) in [5.41, 5.74) is 1.20. The minimum atomic E-state index is -0.408. The monoisotopic (exact) mass is 317 g/mol. The second-order valence-electron chi connectivity index (χ2n) is 7.50. The van der Waals surface area contributed by atoms with Crippen LogP contribution < -0.4 is 5.32 Å². The van der Waals surface area contributed by atoms with Crippen LogP contribution in [0, 0.1) is 16.6 Å². The van der Waals surface area contributed by atoms with Gasteiger partial charge in [-0.05, 0) is 42.2 Å². The molecule has 1 aromatic rings. The van der Waals surface area contributed by atoms with E-state index in [0.29, 0.717) is 21.8 Å². The fraction of sp³-hybridized carbons (Fsp3) is 0.625. The second-order valence-corrected chi connectivity index (χ2v) is 8.31. The standard InChI is InChI=1S/C16H22Cl2FN/c1-15(2)7-11(8-16(3,4)9-15)20-14-12(17)5-10(19)6-13(14)18/h5-6,11,20H,7-9H2,1-4H3. The second kappa shape index (κ2) is 5.38. The number of halogens is 3. The van der Waals surface area contributed by atoms with Gasteiger partial charge in [0.25, 0.3) is 0 Å². The zero-order chi connectivity index (χ0) is 15.1. The van der Waals surface area contributed by atoms with E-state index in [1.54, 1.807) is 0 Å². The zero-order valence-electron chi connectivity index (χ0n) is 12.5. The summed E-state index contributed by atoms with van der Waals surface area (Å²) < 4.78 is 13.2. The first-order valence-corrected chi connectivity index (χ1v) is 7.75. The molecule has 0 aliphatic heterocycles. The Balaban J connectivity index is 2.22. The largest absolute Gasteiger partial charge is 0.380 e. The summed E-state index contributed by atoms with van der Waals surface area (Å²) >= 11 is 12.2. The Labute approximate surface area is 130 Å². The van der Waals surface area contributed by atoms with Crippen LogP contribution in [0.2, 0.25) is 10.0 Å². The molecule has 0 atom stereocenters. The zero-order valence-corrected chi connectivity index (χ0v) is 14.0. The lowest BCUT2D eigenvalue weighted by Gasteiger charge is -2.45. The van der Waals surface area contributed by atoms with Gasteiger partial charge in [0.15, 0.2) is 0 Å². The summed E-state index contributed by atoms with van der Waals surface area (Å²) in [5.74, 6) is -0.408. The smallest absolute Gasteiger partial charge is 0.126 e. The summed E-state index contributed by atoms with van der Waals surface area (Å²) in [4.78, 5) is 0. The molecular weight excluding hydrogens is 296 g/mol. The van der Waals surface area contributed by atoms with Crippen molar-refractivity contribution in [2.45, 2.75) is 53.0 Å². The molecule has 0 saturated heterocycles. The quantitative estimate of drug-likeness (QED) is 0.689. The van der Waals surface area contributed by atoms with Gasteiger partial charge in [-0.2, -0.15) is 0 Å². The third-order valence-corrected chi connectivity index (χ3v) is 4.51. The maximum atomic E-state index is 13.2. The van der Waals surface area contributed by atoms with Gasteiger partial charge in [-0.1, -0.05) is 50.9 Å². The van der Waals surface area contributed by atoms with Gasteiger partial charge in [-0.15, -0.1) is 0 Å². The average Bonchev–Trinajstić information content (AvgIpc) is 2.18. The lowest BCUT2D eigenvalue weighted by atomic mass is 9.63. The van der Waals surface area contributed by atoms with Crippen molar-refractivity contribution < 1.29 is 4.39 Å². The predicted octanol–water partition coefficient (Wildman–Crippen LogP) is 6.15. The van der Waals surface area contributed by atoms with Crippen LogP contribution in [0.3, 0.4) is 0 Å². The molecule has 0 unspecified atom stereocenters. The Morgan fingerprint density at radius 2 is 1.50 bits per heavy atom. The molecule has 0 heterocycles. The van der Waals surface area contributed by atoms with Crippen molar-refractivity contribution in [1.82, 2.24) is 0 Å². The molecule has 1 N–H and O–H groups in total. The molecule has 112 valence electrons. The van der Waals surface area contributed by atoms with Gasteiger partial charge in [-0.3, -0.25) is 0 Å². The normalized spacial score (nSPS) is 21.8. The number of hydrogen-bond acceptors (Lipinski definition) is 1. The first-order chi connectivity index (χ1) is 9.08. The maximum Gasteiger partial charge on any atom is 0.126 e. The van der Waals surface area contributed by atoms with Gasteiger partial charge >= 0.3 is 0 Å². The van der Waals surface area contributed by atoms with E-state index in [9.17, 15) is 4.39 Å². The Kier molecular flexibility index (Phi) is 4.28. The molecule has 1 aromatic carbocycles. The molecule has 1 fully saturated rings. The van der Waals surface area contributed by atoms with Crippen LogP contribution in [0.1, 0.15) is 47.0 Å². The van der Waals surface area contributed by atoms with Crippen LogP contribution in [-0.2, 0) is 0 Å². The molecule has 1 aliphatic rings. The van der Waals surface area contributed by atoms with E-state index in [1.807, 2.05) is 0 Å². The number of benzene rings is 1. The van der Waals surface area contributed by atoms with Gasteiger partial charge in [0.2, 0.25) is 0 Å². The fourth-order valence-electron chi connectivity index (χ4n) is 3.83. The van der Waals surface area contributed by atoms with E-state index in [2.05, 4.69) is 33.0 Å². The van der Waals surface area contributed by atoms with E-state index in [0.717, 1.165) is 12.8 Å². The van der Waals surface area contributed by atoms with Crippen LogP contribution in [0.15, 0.2) is 12.1 Å². The third kappa shape index (κ3) is 3.79. The third-order valence-electron chi connectivity index (χ3n) is 3.91. The van der Waals surface area contributed by atoms with Crippen LogP contribution in [0.4, 0.5) is 10.1 Å². The lowest BCUT2D eigenvalue weighted by Crippen LogP contribution is -2.40. The topological polar surface area (TPSA) is 12.0 Å². The van der Waals surface area contributed by atoms with Gasteiger partial charge < -0.3 is 5.32 Å². The molecule has 2 rings (SSSR count). The Bertz CT molecular complexity index is 472. The van der Waals surface area contributed by atoms with Crippen LogP contribution in [-0.4, -0.2) is 6.04 Å². The molecule has 4 heteroatoms. The SMILES string of the molecule is CC1(C)CC(Nc2c(Cl)cc(F)cc2Cl)CC(C)(C)C1. The lowest BCUT2D eigenvalue weighted by molar-refractivity contribution is 0.105. The number of rotatable bonds is 2. The van der Waals surface area contributed by atoms with Crippen LogP contribution in [0.5, 0.6) is 0 Å². The Hall–Kier alpha value is -0.470. The highest BCUT2D eigenvalue weighted by Gasteiger charge is 2.38. The number of anilines is 1. The summed E-state index contributed by atoms with van der Waals surface area (Å²) in [7, 11) is 0. The van der Waals surface area contributed by atoms with Crippen LogP contribution in [0.25, 0.3) is 0 Å². The Morgan fingerprint density at radius 3 is 1.95 bits per heavy atom. The van der Waals surface area contributed by atoms with Gasteiger partial charge in [0.05, 0.1) is 15.7 Å². The highest BCUT2D eigenvalue weighted by atomic mass is 35.5. The summed E-state index contributed by atoms with van der Waals surface area (Å²) in [6.45, 7) is 9.15.